The van der Waals surface area contributed by atoms with E-state index < -0.39 is 0 Å². The first-order valence-corrected chi connectivity index (χ1v) is 8.38. The van der Waals surface area contributed by atoms with Gasteiger partial charge in [0.2, 0.25) is 0 Å². The van der Waals surface area contributed by atoms with Gasteiger partial charge in [-0.3, -0.25) is 0 Å². The van der Waals surface area contributed by atoms with Crippen LogP contribution in [0.15, 0.2) is 24.3 Å². The number of methoxy groups -OCH3 is 1. The van der Waals surface area contributed by atoms with Crippen LogP contribution in [-0.2, 0) is 4.74 Å². The monoisotopic (exact) mass is 322 g/mol. The topological polar surface area (TPSA) is 27.7 Å². The summed E-state index contributed by atoms with van der Waals surface area (Å²) in [7, 11) is 1.71. The first kappa shape index (κ1) is 21.5. The number of ether oxygens (including phenoxy) is 3. The van der Waals surface area contributed by atoms with Gasteiger partial charge in [0, 0.05) is 7.11 Å². The van der Waals surface area contributed by atoms with Gasteiger partial charge in [0.25, 0.3) is 0 Å². The molecule has 3 nitrogen and oxygen atoms in total. The van der Waals surface area contributed by atoms with Crippen molar-refractivity contribution < 1.29 is 14.2 Å². The van der Waals surface area contributed by atoms with Gasteiger partial charge >= 0.3 is 0 Å². The predicted octanol–water partition coefficient (Wildman–Crippen LogP) is 5.48. The molecule has 0 amide bonds. The van der Waals surface area contributed by atoms with Gasteiger partial charge in [-0.1, -0.05) is 26.0 Å². The van der Waals surface area contributed by atoms with Gasteiger partial charge < -0.3 is 14.2 Å². The third-order valence-corrected chi connectivity index (χ3v) is 3.82. The van der Waals surface area contributed by atoms with Crippen molar-refractivity contribution in [3.63, 3.8) is 0 Å². The molecule has 0 radical (unpaired) electrons. The molecule has 1 unspecified atom stereocenters. The van der Waals surface area contributed by atoms with Crippen molar-refractivity contribution in [3.05, 3.63) is 35.4 Å². The summed E-state index contributed by atoms with van der Waals surface area (Å²) in [4.78, 5) is 0. The molecule has 0 fully saturated rings. The maximum atomic E-state index is 6.12. The summed E-state index contributed by atoms with van der Waals surface area (Å²) in [6, 6.07) is 4.02. The molecule has 23 heavy (non-hydrogen) atoms. The molecule has 0 aliphatic heterocycles. The molecule has 0 saturated heterocycles. The summed E-state index contributed by atoms with van der Waals surface area (Å²) >= 11 is 0. The summed E-state index contributed by atoms with van der Waals surface area (Å²) < 4.78 is 17.3. The van der Waals surface area contributed by atoms with Crippen LogP contribution in [0.2, 0.25) is 0 Å². The van der Waals surface area contributed by atoms with E-state index in [-0.39, 0.29) is 11.7 Å². The minimum atomic E-state index is -0.333. The van der Waals surface area contributed by atoms with Gasteiger partial charge in [-0.05, 0) is 64.8 Å². The lowest BCUT2D eigenvalue weighted by atomic mass is 10.0. The molecule has 1 atom stereocenters. The van der Waals surface area contributed by atoms with Crippen LogP contribution in [0, 0.1) is 13.8 Å². The molecule has 0 heterocycles. The lowest BCUT2D eigenvalue weighted by Gasteiger charge is -2.31. The first-order chi connectivity index (χ1) is 10.8. The quantitative estimate of drug-likeness (QED) is 0.622. The Bertz CT molecular complexity index is 467. The van der Waals surface area contributed by atoms with Gasteiger partial charge in [-0.25, -0.2) is 0 Å². The Hall–Kier alpha value is -1.48. The maximum Gasteiger partial charge on any atom is 0.125 e. The van der Waals surface area contributed by atoms with Crippen molar-refractivity contribution in [2.24, 2.45) is 0 Å². The van der Waals surface area contributed by atoms with Crippen molar-refractivity contribution in [1.29, 1.82) is 0 Å². The fourth-order valence-electron chi connectivity index (χ4n) is 1.90. The highest BCUT2D eigenvalue weighted by Gasteiger charge is 2.28. The minimum Gasteiger partial charge on any atom is -0.490 e. The van der Waals surface area contributed by atoms with E-state index in [2.05, 4.69) is 0 Å². The van der Waals surface area contributed by atoms with Gasteiger partial charge in [0.05, 0.1) is 5.60 Å². The molecule has 0 N–H and O–H groups in total. The minimum absolute atomic E-state index is 0.0466. The lowest BCUT2D eigenvalue weighted by molar-refractivity contribution is -0.0580. The van der Waals surface area contributed by atoms with Crippen LogP contribution in [0.5, 0.6) is 11.5 Å². The molecular weight excluding hydrogens is 288 g/mol. The third kappa shape index (κ3) is 6.66. The number of hydrogen-bond acceptors (Lipinski definition) is 3. The van der Waals surface area contributed by atoms with E-state index in [0.29, 0.717) is 6.61 Å². The van der Waals surface area contributed by atoms with Crippen molar-refractivity contribution in [3.8, 4) is 11.5 Å². The van der Waals surface area contributed by atoms with E-state index in [4.69, 9.17) is 14.2 Å². The first-order valence-electron chi connectivity index (χ1n) is 8.38. The number of benzene rings is 1. The van der Waals surface area contributed by atoms with E-state index in [1.165, 1.54) is 0 Å². The normalized spacial score (nSPS) is 12.6. The second-order valence-corrected chi connectivity index (χ2v) is 5.83. The molecule has 1 aromatic carbocycles. The van der Waals surface area contributed by atoms with Gasteiger partial charge in [0.15, 0.2) is 0 Å². The highest BCUT2D eigenvalue weighted by molar-refractivity contribution is 5.46. The summed E-state index contributed by atoms with van der Waals surface area (Å²) in [5, 5.41) is 0. The Labute approximate surface area is 142 Å². The van der Waals surface area contributed by atoms with Crippen LogP contribution >= 0.6 is 0 Å². The van der Waals surface area contributed by atoms with Crippen LogP contribution in [-0.4, -0.2) is 25.4 Å². The molecule has 0 saturated carbocycles. The molecule has 0 bridgehead atoms. The fourth-order valence-corrected chi connectivity index (χ4v) is 1.90. The molecule has 0 spiro atoms. The van der Waals surface area contributed by atoms with Gasteiger partial charge in [0.1, 0.15) is 24.2 Å². The Balaban J connectivity index is 0.00000232. The smallest absolute Gasteiger partial charge is 0.125 e. The Kier molecular flexibility index (Phi) is 9.66. The Morgan fingerprint density at radius 3 is 2.09 bits per heavy atom. The summed E-state index contributed by atoms with van der Waals surface area (Å²) in [6.45, 7) is 16.7. The van der Waals surface area contributed by atoms with E-state index in [0.717, 1.165) is 22.6 Å². The van der Waals surface area contributed by atoms with Crippen molar-refractivity contribution in [2.75, 3.05) is 13.7 Å². The number of allylic oxidation sites excluding steroid dienone is 1. The molecule has 0 aromatic heterocycles. The molecule has 0 aliphatic carbocycles. The lowest BCUT2D eigenvalue weighted by Crippen LogP contribution is -2.40. The number of rotatable bonds is 7. The highest BCUT2D eigenvalue weighted by atomic mass is 16.5. The average molecular weight is 322 g/mol. The van der Waals surface area contributed by atoms with Crippen molar-refractivity contribution in [2.45, 2.75) is 67.1 Å². The largest absolute Gasteiger partial charge is 0.490 e. The van der Waals surface area contributed by atoms with Gasteiger partial charge in [-0.2, -0.15) is 0 Å². The van der Waals surface area contributed by atoms with Crippen molar-refractivity contribution >= 4 is 0 Å². The number of hydrogen-bond donors (Lipinski definition) is 0. The SMILES string of the molecule is C/C=C/COc1cc(C)c(OC(C)C(C)(C)OC)c(C)c1.CC. The summed E-state index contributed by atoms with van der Waals surface area (Å²) in [6.07, 6.45) is 3.92. The molecule has 1 aromatic rings. The molecular formula is C20H34O3. The van der Waals surface area contributed by atoms with Crippen LogP contribution in [0.1, 0.15) is 52.7 Å². The molecule has 1 rings (SSSR count). The summed E-state index contributed by atoms with van der Waals surface area (Å²) in [5.41, 5.74) is 1.81. The molecule has 3 heteroatoms. The second-order valence-electron chi connectivity index (χ2n) is 5.83. The van der Waals surface area contributed by atoms with Crippen LogP contribution in [0.3, 0.4) is 0 Å². The average Bonchev–Trinajstić information content (AvgIpc) is 2.52. The summed E-state index contributed by atoms with van der Waals surface area (Å²) in [5.74, 6) is 1.78. The zero-order valence-corrected chi connectivity index (χ0v) is 16.3. The zero-order valence-electron chi connectivity index (χ0n) is 16.3. The predicted molar refractivity (Wildman–Crippen MR) is 98.8 cm³/mol. The highest BCUT2D eigenvalue weighted by Crippen LogP contribution is 2.31. The molecule has 132 valence electrons. The standard InChI is InChI=1S/C18H28O3.C2H6/c1-8-9-10-20-16-11-13(2)17(14(3)12-16)21-15(4)18(5,6)19-7;1-2/h8-9,11-12,15H,10H2,1-7H3;1-2H3/b9-8+;. The van der Waals surface area contributed by atoms with Crippen LogP contribution < -0.4 is 9.47 Å². The van der Waals surface area contributed by atoms with E-state index >= 15 is 0 Å². The van der Waals surface area contributed by atoms with E-state index in [9.17, 15) is 0 Å². The zero-order chi connectivity index (χ0) is 18.0. The fraction of sp³-hybridized carbons (Fsp3) is 0.600. The van der Waals surface area contributed by atoms with Gasteiger partial charge in [-0.15, -0.1) is 0 Å². The molecule has 0 aliphatic rings. The Morgan fingerprint density at radius 2 is 1.65 bits per heavy atom. The van der Waals surface area contributed by atoms with E-state index in [1.54, 1.807) is 7.11 Å². The second kappa shape index (κ2) is 10.3. The maximum absolute atomic E-state index is 6.12. The van der Waals surface area contributed by atoms with Crippen LogP contribution in [0.25, 0.3) is 0 Å². The van der Waals surface area contributed by atoms with Crippen LogP contribution in [0.4, 0.5) is 0 Å². The van der Waals surface area contributed by atoms with Crippen molar-refractivity contribution in [1.82, 2.24) is 0 Å². The Morgan fingerprint density at radius 1 is 1.13 bits per heavy atom. The van der Waals surface area contributed by atoms with E-state index in [1.807, 2.05) is 79.7 Å². The third-order valence-electron chi connectivity index (χ3n) is 3.82. The number of aryl methyl sites for hydroxylation is 2.